The van der Waals surface area contributed by atoms with Crippen molar-refractivity contribution in [2.24, 2.45) is 0 Å². The molecule has 0 amide bonds. The van der Waals surface area contributed by atoms with Gasteiger partial charge in [0.15, 0.2) is 19.7 Å². The first kappa shape index (κ1) is 22.0. The molecule has 0 spiro atoms. The number of anilines is 1. The summed E-state index contributed by atoms with van der Waals surface area (Å²) >= 11 is 0. The molecule has 0 saturated heterocycles. The summed E-state index contributed by atoms with van der Waals surface area (Å²) in [7, 11) is -7.34. The molecule has 158 valence electrons. The Morgan fingerprint density at radius 1 is 0.833 bits per heavy atom. The standard InChI is InChI=1S/C22H22FNO4S2/c1-29(25,26)17-12-13-20(22(15-17)30(2,27)28)24-21(14-16-8-4-3-5-9-16)18-10-6-7-11-19(18)23/h3-13,15,21,24H,14H2,1-2H3. The number of hydrogen-bond donors (Lipinski definition) is 1. The van der Waals surface area contributed by atoms with Gasteiger partial charge in [0.25, 0.3) is 0 Å². The van der Waals surface area contributed by atoms with E-state index < -0.39 is 31.5 Å². The summed E-state index contributed by atoms with van der Waals surface area (Å²) in [5, 5.41) is 3.12. The van der Waals surface area contributed by atoms with Crippen LogP contribution in [0.5, 0.6) is 0 Å². The fourth-order valence-corrected chi connectivity index (χ4v) is 4.78. The Kier molecular flexibility index (Phi) is 6.28. The summed E-state index contributed by atoms with van der Waals surface area (Å²) in [5.74, 6) is -0.417. The van der Waals surface area contributed by atoms with Crippen LogP contribution in [-0.4, -0.2) is 29.3 Å². The van der Waals surface area contributed by atoms with Crippen LogP contribution in [0.3, 0.4) is 0 Å². The van der Waals surface area contributed by atoms with E-state index in [4.69, 9.17) is 0 Å². The largest absolute Gasteiger partial charge is 0.377 e. The van der Waals surface area contributed by atoms with Crippen molar-refractivity contribution < 1.29 is 21.2 Å². The summed E-state index contributed by atoms with van der Waals surface area (Å²) < 4.78 is 63.1. The molecule has 0 radical (unpaired) electrons. The Balaban J connectivity index is 2.09. The Morgan fingerprint density at radius 2 is 1.47 bits per heavy atom. The van der Waals surface area contributed by atoms with Gasteiger partial charge in [-0.15, -0.1) is 0 Å². The normalized spacial score (nSPS) is 13.0. The van der Waals surface area contributed by atoms with Crippen LogP contribution in [-0.2, 0) is 26.1 Å². The summed E-state index contributed by atoms with van der Waals surface area (Å²) in [6.45, 7) is 0. The van der Waals surface area contributed by atoms with Gasteiger partial charge in [-0.05, 0) is 36.2 Å². The first-order valence-electron chi connectivity index (χ1n) is 9.15. The maximum Gasteiger partial charge on any atom is 0.177 e. The third-order valence-corrected chi connectivity index (χ3v) is 6.92. The van der Waals surface area contributed by atoms with Gasteiger partial charge in [0.1, 0.15) is 5.82 Å². The minimum absolute atomic E-state index is 0.0982. The predicted molar refractivity (Wildman–Crippen MR) is 116 cm³/mol. The van der Waals surface area contributed by atoms with Crippen LogP contribution in [0.2, 0.25) is 0 Å². The van der Waals surface area contributed by atoms with Crippen LogP contribution in [0.4, 0.5) is 10.1 Å². The summed E-state index contributed by atoms with van der Waals surface area (Å²) in [6, 6.07) is 19.0. The van der Waals surface area contributed by atoms with E-state index in [9.17, 15) is 21.2 Å². The van der Waals surface area contributed by atoms with E-state index in [1.54, 1.807) is 18.2 Å². The zero-order valence-corrected chi connectivity index (χ0v) is 18.2. The van der Waals surface area contributed by atoms with E-state index in [-0.39, 0.29) is 15.5 Å². The molecule has 1 N–H and O–H groups in total. The molecule has 0 fully saturated rings. The molecule has 3 aromatic carbocycles. The average molecular weight is 448 g/mol. The van der Waals surface area contributed by atoms with Gasteiger partial charge in [-0.25, -0.2) is 21.2 Å². The quantitative estimate of drug-likeness (QED) is 0.592. The van der Waals surface area contributed by atoms with Crippen molar-refractivity contribution in [2.45, 2.75) is 22.3 Å². The second-order valence-electron chi connectivity index (χ2n) is 7.11. The molecule has 0 aliphatic heterocycles. The molecule has 1 atom stereocenters. The third-order valence-electron chi connectivity index (χ3n) is 4.67. The van der Waals surface area contributed by atoms with Crippen molar-refractivity contribution in [3.05, 3.63) is 89.7 Å². The third kappa shape index (κ3) is 5.25. The van der Waals surface area contributed by atoms with Crippen molar-refractivity contribution in [3.8, 4) is 0 Å². The van der Waals surface area contributed by atoms with Crippen molar-refractivity contribution >= 4 is 25.4 Å². The summed E-state index contributed by atoms with van der Waals surface area (Å²) in [4.78, 5) is -0.251. The zero-order valence-electron chi connectivity index (χ0n) is 16.5. The van der Waals surface area contributed by atoms with E-state index in [1.807, 2.05) is 30.3 Å². The number of rotatable bonds is 7. The van der Waals surface area contributed by atoms with Crippen LogP contribution in [0.15, 0.2) is 82.6 Å². The molecule has 0 bridgehead atoms. The van der Waals surface area contributed by atoms with Crippen LogP contribution in [0.25, 0.3) is 0 Å². The van der Waals surface area contributed by atoms with E-state index in [0.29, 0.717) is 12.0 Å². The highest BCUT2D eigenvalue weighted by molar-refractivity contribution is 7.91. The second-order valence-corrected chi connectivity index (χ2v) is 11.1. The summed E-state index contributed by atoms with van der Waals surface area (Å²) in [5.41, 5.74) is 1.54. The van der Waals surface area contributed by atoms with Gasteiger partial charge in [-0.1, -0.05) is 48.5 Å². The van der Waals surface area contributed by atoms with Crippen molar-refractivity contribution in [3.63, 3.8) is 0 Å². The molecule has 0 saturated carbocycles. The number of sulfone groups is 2. The molecule has 30 heavy (non-hydrogen) atoms. The molecular formula is C22H22FNO4S2. The van der Waals surface area contributed by atoms with Crippen molar-refractivity contribution in [2.75, 3.05) is 17.8 Å². The van der Waals surface area contributed by atoms with Crippen LogP contribution >= 0.6 is 0 Å². The van der Waals surface area contributed by atoms with Gasteiger partial charge in [0, 0.05) is 18.1 Å². The van der Waals surface area contributed by atoms with E-state index >= 15 is 0 Å². The van der Waals surface area contributed by atoms with Gasteiger partial charge in [-0.3, -0.25) is 0 Å². The number of hydrogen-bond acceptors (Lipinski definition) is 5. The Hall–Kier alpha value is -2.71. The Bertz CT molecular complexity index is 1260. The van der Waals surface area contributed by atoms with E-state index in [2.05, 4.69) is 5.32 Å². The van der Waals surface area contributed by atoms with Gasteiger partial charge in [0.2, 0.25) is 0 Å². The molecule has 0 heterocycles. The molecule has 0 aromatic heterocycles. The SMILES string of the molecule is CS(=O)(=O)c1ccc(NC(Cc2ccccc2)c2ccccc2F)c(S(C)(=O)=O)c1. The molecule has 0 aliphatic rings. The topological polar surface area (TPSA) is 80.3 Å². The highest BCUT2D eigenvalue weighted by Gasteiger charge is 2.22. The molecule has 0 aliphatic carbocycles. The lowest BCUT2D eigenvalue weighted by atomic mass is 9.98. The molecular weight excluding hydrogens is 425 g/mol. The summed E-state index contributed by atoms with van der Waals surface area (Å²) in [6.07, 6.45) is 2.42. The maximum absolute atomic E-state index is 14.6. The highest BCUT2D eigenvalue weighted by Crippen LogP contribution is 2.31. The van der Waals surface area contributed by atoms with E-state index in [1.165, 1.54) is 18.2 Å². The van der Waals surface area contributed by atoms with Crippen molar-refractivity contribution in [1.82, 2.24) is 0 Å². The van der Waals surface area contributed by atoms with Gasteiger partial charge in [-0.2, -0.15) is 0 Å². The average Bonchev–Trinajstić information content (AvgIpc) is 2.67. The predicted octanol–water partition coefficient (Wildman–Crippen LogP) is 4.03. The molecule has 8 heteroatoms. The second kappa shape index (κ2) is 8.57. The minimum atomic E-state index is -3.75. The van der Waals surface area contributed by atoms with Gasteiger partial charge in [0.05, 0.1) is 21.5 Å². The first-order chi connectivity index (χ1) is 14.1. The van der Waals surface area contributed by atoms with Crippen LogP contribution in [0.1, 0.15) is 17.2 Å². The Morgan fingerprint density at radius 3 is 2.07 bits per heavy atom. The smallest absolute Gasteiger partial charge is 0.177 e. The number of benzene rings is 3. The highest BCUT2D eigenvalue weighted by atomic mass is 32.2. The minimum Gasteiger partial charge on any atom is -0.377 e. The van der Waals surface area contributed by atoms with Crippen LogP contribution < -0.4 is 5.32 Å². The monoisotopic (exact) mass is 447 g/mol. The number of nitrogens with one attached hydrogen (secondary N) is 1. The zero-order chi connectivity index (χ0) is 21.9. The van der Waals surface area contributed by atoms with Crippen molar-refractivity contribution in [1.29, 1.82) is 0 Å². The first-order valence-corrected chi connectivity index (χ1v) is 12.9. The lowest BCUT2D eigenvalue weighted by Crippen LogP contribution is -2.17. The fourth-order valence-electron chi connectivity index (χ4n) is 3.19. The molecule has 5 nitrogen and oxygen atoms in total. The lowest BCUT2D eigenvalue weighted by Gasteiger charge is -2.23. The van der Waals surface area contributed by atoms with Gasteiger partial charge < -0.3 is 5.32 Å². The molecule has 3 rings (SSSR count). The number of halogens is 1. The maximum atomic E-state index is 14.6. The fraction of sp³-hybridized carbons (Fsp3) is 0.182. The lowest BCUT2D eigenvalue weighted by molar-refractivity contribution is 0.590. The Labute approximate surface area is 176 Å². The van der Waals surface area contributed by atoms with E-state index in [0.717, 1.165) is 24.1 Å². The molecule has 1 unspecified atom stereocenters. The molecule has 3 aromatic rings. The van der Waals surface area contributed by atoms with Gasteiger partial charge >= 0.3 is 0 Å². The van der Waals surface area contributed by atoms with Crippen LogP contribution in [0, 0.1) is 5.82 Å².